The zero-order valence-electron chi connectivity index (χ0n) is 11.6. The van der Waals surface area contributed by atoms with Crippen molar-refractivity contribution in [1.82, 2.24) is 5.32 Å². The molecular formula is C14H25NO2S. The monoisotopic (exact) mass is 271 g/mol. The molecule has 3 nitrogen and oxygen atoms in total. The molecule has 1 rings (SSSR count). The first-order valence-corrected chi connectivity index (χ1v) is 7.77. The van der Waals surface area contributed by atoms with Crippen LogP contribution in [0.15, 0.2) is 11.6 Å². The van der Waals surface area contributed by atoms with Gasteiger partial charge in [-0.1, -0.05) is 18.6 Å². The van der Waals surface area contributed by atoms with Gasteiger partial charge in [-0.2, -0.15) is 0 Å². The van der Waals surface area contributed by atoms with Gasteiger partial charge in [0.15, 0.2) is 0 Å². The lowest BCUT2D eigenvalue weighted by Crippen LogP contribution is -2.36. The second kappa shape index (κ2) is 7.85. The Balaban J connectivity index is 2.14. The van der Waals surface area contributed by atoms with E-state index in [0.29, 0.717) is 17.0 Å². The van der Waals surface area contributed by atoms with Crippen LogP contribution in [0.2, 0.25) is 0 Å². The fourth-order valence-corrected chi connectivity index (χ4v) is 3.31. The van der Waals surface area contributed by atoms with E-state index in [0.717, 1.165) is 12.8 Å². The predicted molar refractivity (Wildman–Crippen MR) is 77.9 cm³/mol. The van der Waals surface area contributed by atoms with E-state index in [4.69, 9.17) is 5.11 Å². The number of carboxylic acid groups (broad SMARTS) is 1. The molecule has 0 bridgehead atoms. The molecule has 18 heavy (non-hydrogen) atoms. The number of rotatable bonds is 7. The Hall–Kier alpha value is -0.480. The van der Waals surface area contributed by atoms with Gasteiger partial charge in [0.1, 0.15) is 6.04 Å². The smallest absolute Gasteiger partial charge is 0.321 e. The average molecular weight is 271 g/mol. The van der Waals surface area contributed by atoms with Gasteiger partial charge in [-0.05, 0) is 45.4 Å². The minimum Gasteiger partial charge on any atom is -0.480 e. The van der Waals surface area contributed by atoms with Crippen molar-refractivity contribution in [2.75, 3.05) is 5.75 Å². The molecule has 3 atom stereocenters. The van der Waals surface area contributed by atoms with Crippen LogP contribution in [-0.2, 0) is 4.79 Å². The van der Waals surface area contributed by atoms with Gasteiger partial charge in [0.25, 0.3) is 0 Å². The van der Waals surface area contributed by atoms with Crippen molar-refractivity contribution in [3.05, 3.63) is 11.6 Å². The molecule has 0 aromatic rings. The average Bonchev–Trinajstić information content (AvgIpc) is 2.74. The number of hydrogen-bond acceptors (Lipinski definition) is 3. The van der Waals surface area contributed by atoms with Gasteiger partial charge in [0, 0.05) is 5.75 Å². The molecule has 104 valence electrons. The van der Waals surface area contributed by atoms with E-state index in [1.54, 1.807) is 11.8 Å². The lowest BCUT2D eigenvalue weighted by Gasteiger charge is -2.14. The Kier molecular flexibility index (Phi) is 6.79. The minimum absolute atomic E-state index is 0.331. The van der Waals surface area contributed by atoms with Crippen LogP contribution in [-0.4, -0.2) is 28.2 Å². The van der Waals surface area contributed by atoms with Crippen molar-refractivity contribution in [3.8, 4) is 0 Å². The summed E-state index contributed by atoms with van der Waals surface area (Å²) in [5.41, 5.74) is 1.39. The van der Waals surface area contributed by atoms with E-state index in [1.165, 1.54) is 18.4 Å². The maximum atomic E-state index is 10.8. The van der Waals surface area contributed by atoms with Gasteiger partial charge in [-0.3, -0.25) is 10.1 Å². The molecule has 1 aliphatic heterocycles. The summed E-state index contributed by atoms with van der Waals surface area (Å²) < 4.78 is 0. The van der Waals surface area contributed by atoms with Gasteiger partial charge in [0.05, 0.1) is 5.37 Å². The third-order valence-electron chi connectivity index (χ3n) is 3.28. The molecule has 0 saturated carbocycles. The Morgan fingerprint density at radius 1 is 1.50 bits per heavy atom. The lowest BCUT2D eigenvalue weighted by atomic mass is 9.99. The number of allylic oxidation sites excluding steroid dienone is 2. The van der Waals surface area contributed by atoms with Crippen LogP contribution in [0, 0.1) is 5.92 Å². The molecule has 2 N–H and O–H groups in total. The number of hydrogen-bond donors (Lipinski definition) is 2. The number of nitrogens with one attached hydrogen (secondary N) is 1. The quantitative estimate of drug-likeness (QED) is 0.698. The molecule has 0 spiro atoms. The molecule has 3 unspecified atom stereocenters. The maximum Gasteiger partial charge on any atom is 0.321 e. The number of carbonyl (C=O) groups is 1. The zero-order chi connectivity index (χ0) is 13.5. The third-order valence-corrected chi connectivity index (χ3v) is 4.58. The largest absolute Gasteiger partial charge is 0.480 e. The molecule has 1 fully saturated rings. The van der Waals surface area contributed by atoms with Crippen molar-refractivity contribution in [2.24, 2.45) is 5.92 Å². The topological polar surface area (TPSA) is 49.3 Å². The molecule has 0 amide bonds. The molecular weight excluding hydrogens is 246 g/mol. The Morgan fingerprint density at radius 2 is 2.22 bits per heavy atom. The van der Waals surface area contributed by atoms with Gasteiger partial charge in [-0.15, -0.1) is 11.8 Å². The highest BCUT2D eigenvalue weighted by Crippen LogP contribution is 2.25. The summed E-state index contributed by atoms with van der Waals surface area (Å²) in [6, 6.07) is -0.346. The van der Waals surface area contributed by atoms with E-state index in [-0.39, 0.29) is 6.04 Å². The molecule has 1 aliphatic rings. The van der Waals surface area contributed by atoms with Gasteiger partial charge in [-0.25, -0.2) is 0 Å². The fraction of sp³-hybridized carbons (Fsp3) is 0.786. The van der Waals surface area contributed by atoms with Crippen molar-refractivity contribution < 1.29 is 9.90 Å². The Morgan fingerprint density at radius 3 is 2.78 bits per heavy atom. The van der Waals surface area contributed by atoms with E-state index in [9.17, 15) is 4.79 Å². The van der Waals surface area contributed by atoms with Crippen LogP contribution < -0.4 is 5.32 Å². The molecule has 0 aliphatic carbocycles. The van der Waals surface area contributed by atoms with Crippen LogP contribution in [0.3, 0.4) is 0 Å². The third kappa shape index (κ3) is 5.91. The highest BCUT2D eigenvalue weighted by atomic mass is 32.2. The number of thioether (sulfide) groups is 1. The van der Waals surface area contributed by atoms with Gasteiger partial charge in [0.2, 0.25) is 0 Å². The molecule has 4 heteroatoms. The maximum absolute atomic E-state index is 10.8. The van der Waals surface area contributed by atoms with Crippen molar-refractivity contribution in [2.45, 2.75) is 57.9 Å². The molecule has 0 aromatic heterocycles. The second-order valence-electron chi connectivity index (χ2n) is 5.42. The van der Waals surface area contributed by atoms with Gasteiger partial charge >= 0.3 is 5.97 Å². The first kappa shape index (κ1) is 15.6. The van der Waals surface area contributed by atoms with Crippen molar-refractivity contribution in [1.29, 1.82) is 0 Å². The summed E-state index contributed by atoms with van der Waals surface area (Å²) in [6.07, 6.45) is 6.93. The molecule has 0 radical (unpaired) electrons. The molecule has 0 aromatic carbocycles. The summed E-state index contributed by atoms with van der Waals surface area (Å²) >= 11 is 1.75. The SMILES string of the molecule is CC(C)=CCCC(C)CCC1NC(C(=O)O)CS1. The Labute approximate surface area is 114 Å². The first-order chi connectivity index (χ1) is 8.49. The van der Waals surface area contributed by atoms with Crippen LogP contribution in [0.5, 0.6) is 0 Å². The van der Waals surface area contributed by atoms with Gasteiger partial charge < -0.3 is 5.11 Å². The summed E-state index contributed by atoms with van der Waals surface area (Å²) in [7, 11) is 0. The minimum atomic E-state index is -0.721. The Bertz CT molecular complexity index is 300. The summed E-state index contributed by atoms with van der Waals surface area (Å²) in [4.78, 5) is 10.8. The summed E-state index contributed by atoms with van der Waals surface area (Å²) in [5.74, 6) is 0.695. The summed E-state index contributed by atoms with van der Waals surface area (Å²) in [5, 5.41) is 12.4. The molecule has 1 heterocycles. The summed E-state index contributed by atoms with van der Waals surface area (Å²) in [6.45, 7) is 6.55. The zero-order valence-corrected chi connectivity index (χ0v) is 12.4. The van der Waals surface area contributed by atoms with E-state index >= 15 is 0 Å². The lowest BCUT2D eigenvalue weighted by molar-refractivity contribution is -0.138. The van der Waals surface area contributed by atoms with E-state index in [2.05, 4.69) is 32.2 Å². The van der Waals surface area contributed by atoms with E-state index < -0.39 is 5.97 Å². The van der Waals surface area contributed by atoms with Crippen LogP contribution in [0.25, 0.3) is 0 Å². The van der Waals surface area contributed by atoms with Crippen LogP contribution >= 0.6 is 11.8 Å². The standard InChI is InChI=1S/C14H25NO2S/c1-10(2)5-4-6-11(3)7-8-13-15-12(9-18-13)14(16)17/h5,11-13,15H,4,6-9H2,1-3H3,(H,16,17). The van der Waals surface area contributed by atoms with Crippen molar-refractivity contribution in [3.63, 3.8) is 0 Å². The number of carboxylic acids is 1. The first-order valence-electron chi connectivity index (χ1n) is 6.73. The predicted octanol–water partition coefficient (Wildman–Crippen LogP) is 3.26. The van der Waals surface area contributed by atoms with E-state index in [1.807, 2.05) is 0 Å². The fourth-order valence-electron chi connectivity index (χ4n) is 2.08. The second-order valence-corrected chi connectivity index (χ2v) is 6.66. The van der Waals surface area contributed by atoms with Crippen LogP contribution in [0.1, 0.15) is 46.5 Å². The normalized spacial score (nSPS) is 24.8. The highest BCUT2D eigenvalue weighted by Gasteiger charge is 2.29. The van der Waals surface area contributed by atoms with Crippen LogP contribution in [0.4, 0.5) is 0 Å². The highest BCUT2D eigenvalue weighted by molar-refractivity contribution is 8.00. The molecule has 1 saturated heterocycles. The van der Waals surface area contributed by atoms with Crippen molar-refractivity contribution >= 4 is 17.7 Å². The number of aliphatic carboxylic acids is 1.